The van der Waals surface area contributed by atoms with Crippen LogP contribution in [0, 0.1) is 5.82 Å². The van der Waals surface area contributed by atoms with Gasteiger partial charge in [0.1, 0.15) is 5.82 Å². The third-order valence-corrected chi connectivity index (χ3v) is 3.47. The normalized spacial score (nSPS) is 12.8. The first kappa shape index (κ1) is 12.5. The number of nitrogens with two attached hydrogens (primary N) is 1. The van der Waals surface area contributed by atoms with Gasteiger partial charge in [0.05, 0.1) is 22.4 Å². The number of aryl methyl sites for hydroxylation is 1. The molecule has 6 heteroatoms. The van der Waals surface area contributed by atoms with Gasteiger partial charge in [0.15, 0.2) is 0 Å². The molecule has 0 saturated heterocycles. The predicted molar refractivity (Wildman–Crippen MR) is 68.3 cm³/mol. The van der Waals surface area contributed by atoms with Gasteiger partial charge in [0.25, 0.3) is 0 Å². The molecular formula is C11H10BrClFN3. The van der Waals surface area contributed by atoms with Crippen LogP contribution in [0.1, 0.15) is 17.3 Å². The summed E-state index contributed by atoms with van der Waals surface area (Å²) in [6.07, 6.45) is 1.66. The zero-order chi connectivity index (χ0) is 12.6. The summed E-state index contributed by atoms with van der Waals surface area (Å²) in [7, 11) is 1.79. The van der Waals surface area contributed by atoms with Gasteiger partial charge in [-0.3, -0.25) is 4.68 Å². The summed E-state index contributed by atoms with van der Waals surface area (Å²) in [5, 5.41) is 4.39. The van der Waals surface area contributed by atoms with Crippen LogP contribution in [0.25, 0.3) is 0 Å². The Hall–Kier alpha value is -0.910. The fourth-order valence-electron chi connectivity index (χ4n) is 1.67. The molecule has 0 aliphatic rings. The average Bonchev–Trinajstić information content (AvgIpc) is 2.58. The fourth-order valence-corrected chi connectivity index (χ4v) is 2.55. The number of nitrogens with zero attached hydrogens (tertiary/aromatic N) is 2. The van der Waals surface area contributed by atoms with E-state index in [2.05, 4.69) is 21.0 Å². The molecule has 0 spiro atoms. The second-order valence-corrected chi connectivity index (χ2v) is 4.91. The van der Waals surface area contributed by atoms with Crippen LogP contribution in [0.2, 0.25) is 5.02 Å². The molecule has 17 heavy (non-hydrogen) atoms. The second kappa shape index (κ2) is 4.76. The largest absolute Gasteiger partial charge is 0.319 e. The first-order valence-electron chi connectivity index (χ1n) is 4.88. The van der Waals surface area contributed by atoms with Crippen LogP contribution in [0.4, 0.5) is 4.39 Å². The van der Waals surface area contributed by atoms with Gasteiger partial charge in [-0.1, -0.05) is 17.7 Å². The number of rotatable bonds is 2. The Bertz CT molecular complexity index is 536. The van der Waals surface area contributed by atoms with Crippen molar-refractivity contribution in [3.8, 4) is 0 Å². The zero-order valence-corrected chi connectivity index (χ0v) is 11.3. The molecule has 0 aliphatic heterocycles. The van der Waals surface area contributed by atoms with Gasteiger partial charge in [-0.05, 0) is 33.6 Å². The van der Waals surface area contributed by atoms with Crippen molar-refractivity contribution in [2.45, 2.75) is 6.04 Å². The maximum atomic E-state index is 13.0. The molecule has 1 atom stereocenters. The highest BCUT2D eigenvalue weighted by atomic mass is 79.9. The van der Waals surface area contributed by atoms with Crippen LogP contribution < -0.4 is 5.73 Å². The minimum atomic E-state index is -0.454. The lowest BCUT2D eigenvalue weighted by molar-refractivity contribution is 0.624. The summed E-state index contributed by atoms with van der Waals surface area (Å²) < 4.78 is 15.4. The Balaban J connectivity index is 2.47. The van der Waals surface area contributed by atoms with E-state index >= 15 is 0 Å². The summed E-state index contributed by atoms with van der Waals surface area (Å²) in [6, 6.07) is 3.72. The molecule has 0 amide bonds. The molecule has 3 nitrogen and oxygen atoms in total. The van der Waals surface area contributed by atoms with Gasteiger partial charge in [0.2, 0.25) is 0 Å². The molecule has 90 valence electrons. The first-order valence-corrected chi connectivity index (χ1v) is 6.05. The molecule has 1 unspecified atom stereocenters. The summed E-state index contributed by atoms with van der Waals surface area (Å²) in [4.78, 5) is 0. The molecule has 0 aliphatic carbocycles. The SMILES string of the molecule is Cn1ncc(Br)c1C(N)c1ccc(F)cc1Cl. The molecule has 0 saturated carbocycles. The van der Waals surface area contributed by atoms with Crippen molar-refractivity contribution in [3.63, 3.8) is 0 Å². The quantitative estimate of drug-likeness (QED) is 0.925. The van der Waals surface area contributed by atoms with E-state index in [1.807, 2.05) is 0 Å². The van der Waals surface area contributed by atoms with E-state index < -0.39 is 6.04 Å². The molecule has 0 bridgehead atoms. The van der Waals surface area contributed by atoms with Crippen LogP contribution in [0.15, 0.2) is 28.9 Å². The molecule has 1 heterocycles. The average molecular weight is 319 g/mol. The van der Waals surface area contributed by atoms with Gasteiger partial charge >= 0.3 is 0 Å². The Morgan fingerprint density at radius 1 is 1.53 bits per heavy atom. The highest BCUT2D eigenvalue weighted by Crippen LogP contribution is 2.30. The van der Waals surface area contributed by atoms with E-state index in [4.69, 9.17) is 17.3 Å². The summed E-state index contributed by atoms with van der Waals surface area (Å²) in [5.41, 5.74) is 7.57. The van der Waals surface area contributed by atoms with Crippen molar-refractivity contribution in [3.05, 3.63) is 51.0 Å². The smallest absolute Gasteiger partial charge is 0.124 e. The second-order valence-electron chi connectivity index (χ2n) is 3.64. The fraction of sp³-hybridized carbons (Fsp3) is 0.182. The van der Waals surface area contributed by atoms with Crippen molar-refractivity contribution in [2.75, 3.05) is 0 Å². The Kier molecular flexibility index (Phi) is 3.51. The molecule has 0 fully saturated rings. The minimum absolute atomic E-state index is 0.311. The van der Waals surface area contributed by atoms with Crippen LogP contribution in [0.3, 0.4) is 0 Å². The van der Waals surface area contributed by atoms with Crippen molar-refractivity contribution in [1.82, 2.24) is 9.78 Å². The van der Waals surface area contributed by atoms with Crippen LogP contribution in [-0.4, -0.2) is 9.78 Å². The van der Waals surface area contributed by atoms with E-state index in [-0.39, 0.29) is 5.82 Å². The topological polar surface area (TPSA) is 43.8 Å². The monoisotopic (exact) mass is 317 g/mol. The van der Waals surface area contributed by atoms with Crippen molar-refractivity contribution < 1.29 is 4.39 Å². The lowest BCUT2D eigenvalue weighted by atomic mass is 10.0. The third-order valence-electron chi connectivity index (χ3n) is 2.53. The van der Waals surface area contributed by atoms with Crippen molar-refractivity contribution in [1.29, 1.82) is 0 Å². The van der Waals surface area contributed by atoms with Crippen molar-refractivity contribution >= 4 is 27.5 Å². The summed E-state index contributed by atoms with van der Waals surface area (Å²) >= 11 is 9.35. The zero-order valence-electron chi connectivity index (χ0n) is 8.99. The Morgan fingerprint density at radius 3 is 2.76 bits per heavy atom. The van der Waals surface area contributed by atoms with Crippen LogP contribution >= 0.6 is 27.5 Å². The molecule has 0 radical (unpaired) electrons. The molecular weight excluding hydrogens is 308 g/mol. The molecule has 2 rings (SSSR count). The highest BCUT2D eigenvalue weighted by molar-refractivity contribution is 9.10. The predicted octanol–water partition coefficient (Wildman–Crippen LogP) is 3.02. The number of halogens is 3. The first-order chi connectivity index (χ1) is 8.00. The van der Waals surface area contributed by atoms with E-state index in [1.165, 1.54) is 12.1 Å². The van der Waals surface area contributed by atoms with E-state index in [0.29, 0.717) is 10.6 Å². The standard InChI is InChI=1S/C11H10BrClFN3/c1-17-11(8(12)5-16-17)10(15)7-3-2-6(14)4-9(7)13/h2-5,10H,15H2,1H3. The molecule has 1 aromatic heterocycles. The van der Waals surface area contributed by atoms with E-state index in [1.54, 1.807) is 24.0 Å². The number of aromatic nitrogens is 2. The van der Waals surface area contributed by atoms with E-state index in [9.17, 15) is 4.39 Å². The van der Waals surface area contributed by atoms with Crippen LogP contribution in [0.5, 0.6) is 0 Å². The van der Waals surface area contributed by atoms with Gasteiger partial charge in [-0.15, -0.1) is 0 Å². The number of hydrogen-bond donors (Lipinski definition) is 1. The lowest BCUT2D eigenvalue weighted by Gasteiger charge is -2.15. The lowest BCUT2D eigenvalue weighted by Crippen LogP contribution is -2.17. The maximum Gasteiger partial charge on any atom is 0.124 e. The van der Waals surface area contributed by atoms with Gasteiger partial charge in [-0.2, -0.15) is 5.10 Å². The maximum absolute atomic E-state index is 13.0. The summed E-state index contributed by atoms with van der Waals surface area (Å²) in [5.74, 6) is -0.380. The Labute approximate surface area is 112 Å². The van der Waals surface area contributed by atoms with Crippen molar-refractivity contribution in [2.24, 2.45) is 12.8 Å². The van der Waals surface area contributed by atoms with E-state index in [0.717, 1.165) is 10.2 Å². The minimum Gasteiger partial charge on any atom is -0.319 e. The molecule has 1 aromatic carbocycles. The van der Waals surface area contributed by atoms with Crippen LogP contribution in [-0.2, 0) is 7.05 Å². The number of hydrogen-bond acceptors (Lipinski definition) is 2. The van der Waals surface area contributed by atoms with Gasteiger partial charge in [0, 0.05) is 12.1 Å². The third kappa shape index (κ3) is 2.36. The molecule has 2 N–H and O–H groups in total. The highest BCUT2D eigenvalue weighted by Gasteiger charge is 2.19. The molecule has 2 aromatic rings. The summed E-state index contributed by atoms with van der Waals surface area (Å²) in [6.45, 7) is 0. The van der Waals surface area contributed by atoms with Gasteiger partial charge < -0.3 is 5.73 Å². The number of benzene rings is 1. The van der Waals surface area contributed by atoms with Gasteiger partial charge in [-0.25, -0.2) is 4.39 Å². The Morgan fingerprint density at radius 2 is 2.24 bits per heavy atom.